The minimum atomic E-state index is 0.111. The van der Waals surface area contributed by atoms with Crippen LogP contribution in [0.4, 0.5) is 0 Å². The topological polar surface area (TPSA) is 34.4 Å². The van der Waals surface area contributed by atoms with Gasteiger partial charge in [-0.15, -0.1) is 0 Å². The van der Waals surface area contributed by atoms with Crippen molar-refractivity contribution in [3.63, 3.8) is 0 Å². The molecule has 0 saturated heterocycles. The Balaban J connectivity index is 2.24. The van der Waals surface area contributed by atoms with Crippen molar-refractivity contribution >= 4 is 27.5 Å². The minimum absolute atomic E-state index is 0.111. The Morgan fingerprint density at radius 2 is 2.19 bits per heavy atom. The predicted octanol–water partition coefficient (Wildman–Crippen LogP) is 4.99. The van der Waals surface area contributed by atoms with E-state index in [1.807, 2.05) is 24.3 Å². The van der Waals surface area contributed by atoms with E-state index in [1.165, 1.54) is 5.56 Å². The molecule has 1 atom stereocenters. The van der Waals surface area contributed by atoms with E-state index in [9.17, 15) is 0 Å². The van der Waals surface area contributed by atoms with Gasteiger partial charge in [-0.2, -0.15) is 0 Å². The molecule has 3 nitrogen and oxygen atoms in total. The third kappa shape index (κ3) is 4.25. The highest BCUT2D eigenvalue weighted by Crippen LogP contribution is 2.30. The molecule has 0 aliphatic carbocycles. The van der Waals surface area contributed by atoms with Crippen LogP contribution in [0.3, 0.4) is 0 Å². The summed E-state index contributed by atoms with van der Waals surface area (Å²) in [6.07, 6.45) is 3.49. The summed E-state index contributed by atoms with van der Waals surface area (Å²) in [6, 6.07) is 8.01. The van der Waals surface area contributed by atoms with E-state index in [2.05, 4.69) is 28.2 Å². The highest BCUT2D eigenvalue weighted by molar-refractivity contribution is 9.10. The molecule has 1 N–H and O–H groups in total. The van der Waals surface area contributed by atoms with E-state index in [-0.39, 0.29) is 6.04 Å². The fourth-order valence-corrected chi connectivity index (χ4v) is 2.87. The van der Waals surface area contributed by atoms with E-state index in [1.54, 1.807) is 13.4 Å². The van der Waals surface area contributed by atoms with E-state index < -0.39 is 0 Å². The predicted molar refractivity (Wildman–Crippen MR) is 89.2 cm³/mol. The first-order valence-corrected chi connectivity index (χ1v) is 8.11. The molecule has 0 spiro atoms. The Morgan fingerprint density at radius 3 is 2.81 bits per heavy atom. The molecule has 0 aliphatic rings. The number of methoxy groups -OCH3 is 1. The van der Waals surface area contributed by atoms with Gasteiger partial charge < -0.3 is 14.5 Å². The van der Waals surface area contributed by atoms with Crippen LogP contribution in [0.5, 0.6) is 5.75 Å². The summed E-state index contributed by atoms with van der Waals surface area (Å²) in [7, 11) is 1.67. The van der Waals surface area contributed by atoms with Crippen LogP contribution in [0.1, 0.15) is 30.5 Å². The van der Waals surface area contributed by atoms with Crippen LogP contribution in [0.15, 0.2) is 39.4 Å². The molecule has 0 radical (unpaired) electrons. The molecule has 1 unspecified atom stereocenters. The molecule has 1 aromatic heterocycles. The van der Waals surface area contributed by atoms with Crippen LogP contribution < -0.4 is 10.1 Å². The zero-order valence-electron chi connectivity index (χ0n) is 12.2. The maximum atomic E-state index is 6.13. The molecule has 0 fully saturated rings. The SMILES string of the molecule is CCCNC(Cc1cc(OC)ccc1Br)c1ccoc1Cl. The molecule has 0 aliphatic heterocycles. The first-order chi connectivity index (χ1) is 10.2. The number of hydrogen-bond acceptors (Lipinski definition) is 3. The summed E-state index contributed by atoms with van der Waals surface area (Å²) in [6.45, 7) is 3.07. The van der Waals surface area contributed by atoms with E-state index in [0.29, 0.717) is 5.22 Å². The van der Waals surface area contributed by atoms with Gasteiger partial charge in [-0.05, 0) is 60.8 Å². The lowest BCUT2D eigenvalue weighted by atomic mass is 10.0. The van der Waals surface area contributed by atoms with Gasteiger partial charge in [0.2, 0.25) is 0 Å². The first kappa shape index (κ1) is 16.4. The largest absolute Gasteiger partial charge is 0.497 e. The van der Waals surface area contributed by atoms with Crippen molar-refractivity contribution in [1.82, 2.24) is 5.32 Å². The van der Waals surface area contributed by atoms with Crippen LogP contribution in [-0.2, 0) is 6.42 Å². The van der Waals surface area contributed by atoms with Crippen molar-refractivity contribution in [1.29, 1.82) is 0 Å². The second kappa shape index (κ2) is 7.87. The molecule has 114 valence electrons. The Kier molecular flexibility index (Phi) is 6.15. The Morgan fingerprint density at radius 1 is 1.38 bits per heavy atom. The quantitative estimate of drug-likeness (QED) is 0.743. The lowest BCUT2D eigenvalue weighted by molar-refractivity contribution is 0.413. The summed E-state index contributed by atoms with van der Waals surface area (Å²) in [5, 5.41) is 3.97. The molecule has 1 aromatic carbocycles. The number of ether oxygens (including phenoxy) is 1. The van der Waals surface area contributed by atoms with Crippen LogP contribution >= 0.6 is 27.5 Å². The maximum absolute atomic E-state index is 6.13. The van der Waals surface area contributed by atoms with Crippen molar-refractivity contribution in [3.8, 4) is 5.75 Å². The third-order valence-corrected chi connectivity index (χ3v) is 4.42. The molecular formula is C16H19BrClNO2. The van der Waals surface area contributed by atoms with Crippen molar-refractivity contribution < 1.29 is 9.15 Å². The summed E-state index contributed by atoms with van der Waals surface area (Å²) in [4.78, 5) is 0. The fourth-order valence-electron chi connectivity index (χ4n) is 2.22. The highest BCUT2D eigenvalue weighted by Gasteiger charge is 2.18. The Hall–Kier alpha value is -0.970. The first-order valence-electron chi connectivity index (χ1n) is 6.94. The van der Waals surface area contributed by atoms with Gasteiger partial charge in [0.05, 0.1) is 13.4 Å². The molecule has 5 heteroatoms. The summed E-state index contributed by atoms with van der Waals surface area (Å²) in [5.41, 5.74) is 2.15. The number of furan rings is 1. The van der Waals surface area contributed by atoms with Gasteiger partial charge in [0.25, 0.3) is 0 Å². The van der Waals surface area contributed by atoms with Crippen molar-refractivity contribution in [2.24, 2.45) is 0 Å². The zero-order valence-corrected chi connectivity index (χ0v) is 14.5. The number of halogens is 2. The number of nitrogens with one attached hydrogen (secondary N) is 1. The number of benzene rings is 1. The maximum Gasteiger partial charge on any atom is 0.197 e. The standard InChI is InChI=1S/C16H19BrClNO2/c1-3-7-19-15(13-6-8-21-16(13)18)10-11-9-12(20-2)4-5-14(11)17/h4-6,8-9,15,19H,3,7,10H2,1-2H3. The minimum Gasteiger partial charge on any atom is -0.497 e. The van der Waals surface area contributed by atoms with E-state index in [0.717, 1.165) is 35.2 Å². The Bertz CT molecular complexity index is 585. The lowest BCUT2D eigenvalue weighted by Gasteiger charge is -2.19. The molecule has 1 heterocycles. The van der Waals surface area contributed by atoms with Crippen molar-refractivity contribution in [2.75, 3.05) is 13.7 Å². The van der Waals surface area contributed by atoms with Gasteiger partial charge in [-0.25, -0.2) is 0 Å². The van der Waals surface area contributed by atoms with E-state index >= 15 is 0 Å². The number of hydrogen-bond donors (Lipinski definition) is 1. The molecule has 0 saturated carbocycles. The van der Waals surface area contributed by atoms with Gasteiger partial charge in [0, 0.05) is 16.1 Å². The van der Waals surface area contributed by atoms with Gasteiger partial charge in [-0.3, -0.25) is 0 Å². The van der Waals surface area contributed by atoms with Crippen molar-refractivity contribution in [3.05, 3.63) is 51.3 Å². The van der Waals surface area contributed by atoms with Crippen molar-refractivity contribution in [2.45, 2.75) is 25.8 Å². The monoisotopic (exact) mass is 371 g/mol. The van der Waals surface area contributed by atoms with Gasteiger partial charge in [-0.1, -0.05) is 22.9 Å². The van der Waals surface area contributed by atoms with Crippen LogP contribution in [-0.4, -0.2) is 13.7 Å². The van der Waals surface area contributed by atoms with Gasteiger partial charge in [0.1, 0.15) is 5.75 Å². The molecular weight excluding hydrogens is 354 g/mol. The van der Waals surface area contributed by atoms with Crippen LogP contribution in [0.2, 0.25) is 5.22 Å². The normalized spacial score (nSPS) is 12.4. The van der Waals surface area contributed by atoms with E-state index in [4.69, 9.17) is 20.8 Å². The molecule has 21 heavy (non-hydrogen) atoms. The lowest BCUT2D eigenvalue weighted by Crippen LogP contribution is -2.24. The zero-order chi connectivity index (χ0) is 15.2. The highest BCUT2D eigenvalue weighted by atomic mass is 79.9. The van der Waals surface area contributed by atoms with Gasteiger partial charge >= 0.3 is 0 Å². The fraction of sp³-hybridized carbons (Fsp3) is 0.375. The summed E-state index contributed by atoms with van der Waals surface area (Å²) < 4.78 is 11.6. The molecule has 0 bridgehead atoms. The van der Waals surface area contributed by atoms with Crippen LogP contribution in [0.25, 0.3) is 0 Å². The molecule has 2 rings (SSSR count). The summed E-state index contributed by atoms with van der Waals surface area (Å²) in [5.74, 6) is 0.848. The Labute approximate surface area is 138 Å². The smallest absolute Gasteiger partial charge is 0.197 e. The van der Waals surface area contributed by atoms with Gasteiger partial charge in [0.15, 0.2) is 5.22 Å². The molecule has 2 aromatic rings. The third-order valence-electron chi connectivity index (χ3n) is 3.34. The summed E-state index contributed by atoms with van der Waals surface area (Å²) >= 11 is 9.73. The average molecular weight is 373 g/mol. The number of rotatable bonds is 7. The second-order valence-corrected chi connectivity index (χ2v) is 6.02. The average Bonchev–Trinajstić information content (AvgIpc) is 2.91. The second-order valence-electron chi connectivity index (χ2n) is 4.82. The molecule has 0 amide bonds. The van der Waals surface area contributed by atoms with Crippen LogP contribution in [0, 0.1) is 0 Å².